The molecule has 3 aromatic rings. The summed E-state index contributed by atoms with van der Waals surface area (Å²) in [5.74, 6) is 0.390. The molecule has 1 N–H and O–H groups in total. The molecule has 0 amide bonds. The molecule has 1 heterocycles. The number of thiazole rings is 1. The van der Waals surface area contributed by atoms with Gasteiger partial charge in [-0.1, -0.05) is 12.1 Å². The summed E-state index contributed by atoms with van der Waals surface area (Å²) in [6, 6.07) is 13.7. The van der Waals surface area contributed by atoms with E-state index in [0.717, 1.165) is 24.0 Å². The Labute approximate surface area is 126 Å². The van der Waals surface area contributed by atoms with Crippen LogP contribution in [-0.2, 0) is 0 Å². The molecule has 0 bridgehead atoms. The maximum atomic E-state index is 12.9. The van der Waals surface area contributed by atoms with Gasteiger partial charge in [-0.25, -0.2) is 9.37 Å². The van der Waals surface area contributed by atoms with Gasteiger partial charge in [0.05, 0.1) is 15.7 Å². The molecule has 1 fully saturated rings. The molecule has 1 aliphatic rings. The van der Waals surface area contributed by atoms with E-state index in [1.807, 2.05) is 17.6 Å². The van der Waals surface area contributed by atoms with Crippen LogP contribution in [0.4, 0.5) is 10.1 Å². The van der Waals surface area contributed by atoms with Crippen molar-refractivity contribution in [2.45, 2.75) is 24.8 Å². The topological polar surface area (TPSA) is 24.9 Å². The lowest BCUT2D eigenvalue weighted by atomic mass is 9.76. The van der Waals surface area contributed by atoms with Crippen molar-refractivity contribution in [2.75, 3.05) is 5.32 Å². The molecule has 0 unspecified atom stereocenters. The van der Waals surface area contributed by atoms with Crippen LogP contribution < -0.4 is 5.32 Å². The zero-order valence-electron chi connectivity index (χ0n) is 11.4. The van der Waals surface area contributed by atoms with Crippen LogP contribution in [0.1, 0.15) is 24.3 Å². The van der Waals surface area contributed by atoms with E-state index in [9.17, 15) is 4.39 Å². The average molecular weight is 298 g/mol. The molecule has 1 aliphatic carbocycles. The van der Waals surface area contributed by atoms with Gasteiger partial charge in [0, 0.05) is 11.7 Å². The zero-order valence-corrected chi connectivity index (χ0v) is 12.2. The lowest BCUT2D eigenvalue weighted by Crippen LogP contribution is -2.33. The van der Waals surface area contributed by atoms with Crippen LogP contribution in [0.25, 0.3) is 10.2 Å². The predicted octanol–water partition coefficient (Wildman–Crippen LogP) is 4.79. The molecule has 0 atom stereocenters. The minimum atomic E-state index is -0.161. The maximum absolute atomic E-state index is 12.9. The molecule has 0 radical (unpaired) electrons. The fourth-order valence-electron chi connectivity index (χ4n) is 2.92. The molecule has 4 rings (SSSR count). The maximum Gasteiger partial charge on any atom is 0.123 e. The van der Waals surface area contributed by atoms with Crippen LogP contribution in [0, 0.1) is 5.82 Å². The number of fused-ring (bicyclic) bond motifs is 1. The lowest BCUT2D eigenvalue weighted by molar-refractivity contribution is 0.374. The summed E-state index contributed by atoms with van der Waals surface area (Å²) in [5.41, 5.74) is 5.34. The molecule has 4 heteroatoms. The Morgan fingerprint density at radius 2 is 1.90 bits per heavy atom. The summed E-state index contributed by atoms with van der Waals surface area (Å²) in [7, 11) is 0. The standard InChI is InChI=1S/C17H15FN2S/c18-13-3-1-11(2-4-13)12-7-15(8-12)20-14-5-6-16-17(9-14)21-10-19-16/h1-6,9-10,12,15,20H,7-8H2. The molecule has 0 spiro atoms. The van der Waals surface area contributed by atoms with E-state index in [1.54, 1.807) is 23.5 Å². The third kappa shape index (κ3) is 2.51. The fraction of sp³-hybridized carbons (Fsp3) is 0.235. The first-order valence-electron chi connectivity index (χ1n) is 7.13. The van der Waals surface area contributed by atoms with Crippen LogP contribution in [-0.4, -0.2) is 11.0 Å². The molecule has 1 saturated carbocycles. The first-order chi connectivity index (χ1) is 10.3. The molecule has 0 saturated heterocycles. The number of rotatable bonds is 3. The Kier molecular flexibility index (Phi) is 3.11. The lowest BCUT2D eigenvalue weighted by Gasteiger charge is -2.37. The van der Waals surface area contributed by atoms with E-state index < -0.39 is 0 Å². The third-order valence-corrected chi connectivity index (χ3v) is 4.97. The highest BCUT2D eigenvalue weighted by atomic mass is 32.1. The van der Waals surface area contributed by atoms with Crippen molar-refractivity contribution in [3.8, 4) is 0 Å². The summed E-state index contributed by atoms with van der Waals surface area (Å²) in [5, 5.41) is 3.58. The van der Waals surface area contributed by atoms with E-state index >= 15 is 0 Å². The highest BCUT2D eigenvalue weighted by Crippen LogP contribution is 2.38. The SMILES string of the molecule is Fc1ccc(C2CC(Nc3ccc4ncsc4c3)C2)cc1. The van der Waals surface area contributed by atoms with E-state index in [-0.39, 0.29) is 5.82 Å². The van der Waals surface area contributed by atoms with Crippen LogP contribution in [0.15, 0.2) is 48.0 Å². The Balaban J connectivity index is 1.40. The van der Waals surface area contributed by atoms with Crippen molar-refractivity contribution in [3.63, 3.8) is 0 Å². The molecule has 1 aromatic heterocycles. The minimum absolute atomic E-state index is 0.161. The number of benzene rings is 2. The summed E-state index contributed by atoms with van der Waals surface area (Å²) in [4.78, 5) is 4.29. The predicted molar refractivity (Wildman–Crippen MR) is 85.4 cm³/mol. The Bertz CT molecular complexity index is 760. The van der Waals surface area contributed by atoms with Gasteiger partial charge in [-0.15, -0.1) is 11.3 Å². The van der Waals surface area contributed by atoms with Gasteiger partial charge in [-0.05, 0) is 54.7 Å². The van der Waals surface area contributed by atoms with Gasteiger partial charge >= 0.3 is 0 Å². The summed E-state index contributed by atoms with van der Waals surface area (Å²) >= 11 is 1.67. The van der Waals surface area contributed by atoms with Gasteiger partial charge in [0.15, 0.2) is 0 Å². The van der Waals surface area contributed by atoms with Crippen LogP contribution in [0.5, 0.6) is 0 Å². The second-order valence-electron chi connectivity index (χ2n) is 5.60. The number of nitrogens with one attached hydrogen (secondary N) is 1. The van der Waals surface area contributed by atoms with Crippen LogP contribution >= 0.6 is 11.3 Å². The van der Waals surface area contributed by atoms with Crippen molar-refractivity contribution in [1.82, 2.24) is 4.98 Å². The number of halogens is 1. The first-order valence-corrected chi connectivity index (χ1v) is 8.01. The zero-order chi connectivity index (χ0) is 14.2. The van der Waals surface area contributed by atoms with Gasteiger partial charge in [-0.3, -0.25) is 0 Å². The van der Waals surface area contributed by atoms with E-state index in [0.29, 0.717) is 12.0 Å². The van der Waals surface area contributed by atoms with Crippen LogP contribution in [0.3, 0.4) is 0 Å². The number of aromatic nitrogens is 1. The fourth-order valence-corrected chi connectivity index (χ4v) is 3.64. The van der Waals surface area contributed by atoms with Crippen molar-refractivity contribution < 1.29 is 4.39 Å². The van der Waals surface area contributed by atoms with Gasteiger partial charge in [-0.2, -0.15) is 0 Å². The van der Waals surface area contributed by atoms with Gasteiger partial charge in [0.1, 0.15) is 5.82 Å². The molecule has 0 aliphatic heterocycles. The Hall–Kier alpha value is -1.94. The molecule has 106 valence electrons. The average Bonchev–Trinajstić information content (AvgIpc) is 2.91. The van der Waals surface area contributed by atoms with Gasteiger partial charge < -0.3 is 5.32 Å². The van der Waals surface area contributed by atoms with Crippen molar-refractivity contribution >= 4 is 27.2 Å². The molecular weight excluding hydrogens is 283 g/mol. The minimum Gasteiger partial charge on any atom is -0.382 e. The summed E-state index contributed by atoms with van der Waals surface area (Å²) < 4.78 is 14.1. The quantitative estimate of drug-likeness (QED) is 0.751. The monoisotopic (exact) mass is 298 g/mol. The van der Waals surface area contributed by atoms with Gasteiger partial charge in [0.2, 0.25) is 0 Å². The Morgan fingerprint density at radius 1 is 1.10 bits per heavy atom. The molecule has 2 aromatic carbocycles. The van der Waals surface area contributed by atoms with E-state index in [2.05, 4.69) is 28.5 Å². The second-order valence-corrected chi connectivity index (χ2v) is 6.48. The summed E-state index contributed by atoms with van der Waals surface area (Å²) in [6.07, 6.45) is 2.21. The summed E-state index contributed by atoms with van der Waals surface area (Å²) in [6.45, 7) is 0. The van der Waals surface area contributed by atoms with E-state index in [1.165, 1.54) is 10.3 Å². The highest BCUT2D eigenvalue weighted by molar-refractivity contribution is 7.16. The number of hydrogen-bond donors (Lipinski definition) is 1. The van der Waals surface area contributed by atoms with Gasteiger partial charge in [0.25, 0.3) is 0 Å². The molecule has 21 heavy (non-hydrogen) atoms. The third-order valence-electron chi connectivity index (χ3n) is 4.18. The highest BCUT2D eigenvalue weighted by Gasteiger charge is 2.30. The van der Waals surface area contributed by atoms with Crippen molar-refractivity contribution in [3.05, 3.63) is 59.4 Å². The Morgan fingerprint density at radius 3 is 2.71 bits per heavy atom. The molecular formula is C17H15FN2S. The smallest absolute Gasteiger partial charge is 0.123 e. The number of hydrogen-bond acceptors (Lipinski definition) is 3. The number of anilines is 1. The number of nitrogens with zero attached hydrogens (tertiary/aromatic N) is 1. The van der Waals surface area contributed by atoms with Crippen molar-refractivity contribution in [2.24, 2.45) is 0 Å². The molecule has 2 nitrogen and oxygen atoms in total. The second kappa shape index (κ2) is 5.11. The van der Waals surface area contributed by atoms with Crippen LogP contribution in [0.2, 0.25) is 0 Å². The normalized spacial score (nSPS) is 21.2. The first kappa shape index (κ1) is 12.8. The largest absolute Gasteiger partial charge is 0.382 e. The van der Waals surface area contributed by atoms with Crippen molar-refractivity contribution in [1.29, 1.82) is 0 Å². The van der Waals surface area contributed by atoms with E-state index in [4.69, 9.17) is 0 Å².